The Hall–Kier alpha value is -2.16. The Morgan fingerprint density at radius 3 is 2.71 bits per heavy atom. The molecular weight excluding hydrogens is 216 g/mol. The lowest BCUT2D eigenvalue weighted by Crippen LogP contribution is -2.16. The molecular formula is C14H12O3. The summed E-state index contributed by atoms with van der Waals surface area (Å²) in [5, 5.41) is 0. The van der Waals surface area contributed by atoms with Crippen LogP contribution in [0.1, 0.15) is 12.0 Å². The van der Waals surface area contributed by atoms with Crippen LogP contribution in [0.2, 0.25) is 0 Å². The summed E-state index contributed by atoms with van der Waals surface area (Å²) in [6.07, 6.45) is 5.18. The van der Waals surface area contributed by atoms with Gasteiger partial charge in [0.1, 0.15) is 12.2 Å². The Balaban J connectivity index is 1.96. The van der Waals surface area contributed by atoms with E-state index in [9.17, 15) is 9.59 Å². The smallest absolute Gasteiger partial charge is 0.342 e. The van der Waals surface area contributed by atoms with Gasteiger partial charge < -0.3 is 4.74 Å². The van der Waals surface area contributed by atoms with Crippen LogP contribution in [0.15, 0.2) is 54.1 Å². The SMILES string of the molecule is O=C1CC=CC=C1C(=O)OCc1ccccc1. The number of allylic oxidation sites excluding steroid dienone is 3. The number of carbonyl (C=O) groups is 2. The number of rotatable bonds is 3. The summed E-state index contributed by atoms with van der Waals surface area (Å²) in [5.74, 6) is -0.742. The summed E-state index contributed by atoms with van der Waals surface area (Å²) in [6.45, 7) is 0.188. The molecule has 2 rings (SSSR count). The monoisotopic (exact) mass is 228 g/mol. The van der Waals surface area contributed by atoms with Gasteiger partial charge in [0, 0.05) is 6.42 Å². The van der Waals surface area contributed by atoms with E-state index in [1.54, 1.807) is 12.2 Å². The molecule has 0 aromatic heterocycles. The molecule has 0 fully saturated rings. The second kappa shape index (κ2) is 5.25. The molecule has 1 aromatic carbocycles. The van der Waals surface area contributed by atoms with Crippen LogP contribution in [0.5, 0.6) is 0 Å². The van der Waals surface area contributed by atoms with Crippen LogP contribution in [0.3, 0.4) is 0 Å². The predicted molar refractivity (Wildman–Crippen MR) is 63.1 cm³/mol. The Kier molecular flexibility index (Phi) is 3.50. The summed E-state index contributed by atoms with van der Waals surface area (Å²) in [6, 6.07) is 9.37. The fraction of sp³-hybridized carbons (Fsp3) is 0.143. The molecule has 0 bridgehead atoms. The largest absolute Gasteiger partial charge is 0.457 e. The first-order valence-electron chi connectivity index (χ1n) is 5.38. The topological polar surface area (TPSA) is 43.4 Å². The molecule has 86 valence electrons. The van der Waals surface area contributed by atoms with Gasteiger partial charge in [-0.05, 0) is 11.6 Å². The van der Waals surface area contributed by atoms with Crippen molar-refractivity contribution in [3.8, 4) is 0 Å². The van der Waals surface area contributed by atoms with Crippen molar-refractivity contribution in [2.45, 2.75) is 13.0 Å². The highest BCUT2D eigenvalue weighted by Gasteiger charge is 2.19. The van der Waals surface area contributed by atoms with Crippen LogP contribution in [0.25, 0.3) is 0 Å². The molecule has 0 heterocycles. The molecule has 0 atom stereocenters. The van der Waals surface area contributed by atoms with Gasteiger partial charge in [-0.25, -0.2) is 4.79 Å². The van der Waals surface area contributed by atoms with E-state index in [0.717, 1.165) is 5.56 Å². The van der Waals surface area contributed by atoms with Crippen molar-refractivity contribution in [2.24, 2.45) is 0 Å². The van der Waals surface area contributed by atoms with Gasteiger partial charge in [-0.3, -0.25) is 4.79 Å². The van der Waals surface area contributed by atoms with Crippen LogP contribution in [-0.2, 0) is 20.9 Å². The van der Waals surface area contributed by atoms with Crippen LogP contribution in [-0.4, -0.2) is 11.8 Å². The third-order valence-electron chi connectivity index (χ3n) is 2.44. The van der Waals surface area contributed by atoms with Crippen LogP contribution in [0, 0.1) is 0 Å². The summed E-state index contributed by atoms with van der Waals surface area (Å²) >= 11 is 0. The quantitative estimate of drug-likeness (QED) is 0.588. The minimum Gasteiger partial charge on any atom is -0.457 e. The van der Waals surface area contributed by atoms with E-state index in [-0.39, 0.29) is 24.4 Å². The van der Waals surface area contributed by atoms with Gasteiger partial charge in [0.15, 0.2) is 5.78 Å². The van der Waals surface area contributed by atoms with E-state index < -0.39 is 5.97 Å². The normalized spacial score (nSPS) is 14.4. The lowest BCUT2D eigenvalue weighted by Gasteiger charge is -2.08. The van der Waals surface area contributed by atoms with E-state index in [2.05, 4.69) is 0 Å². The molecule has 0 N–H and O–H groups in total. The molecule has 0 unspecified atom stereocenters. The molecule has 0 saturated carbocycles. The molecule has 1 aliphatic carbocycles. The third-order valence-corrected chi connectivity index (χ3v) is 2.44. The minimum atomic E-state index is -0.553. The molecule has 0 amide bonds. The predicted octanol–water partition coefficient (Wildman–Crippen LogP) is 2.19. The van der Waals surface area contributed by atoms with Crippen molar-refractivity contribution in [3.63, 3.8) is 0 Å². The van der Waals surface area contributed by atoms with E-state index in [1.165, 1.54) is 6.08 Å². The van der Waals surface area contributed by atoms with Gasteiger partial charge >= 0.3 is 5.97 Å². The Morgan fingerprint density at radius 1 is 1.24 bits per heavy atom. The van der Waals surface area contributed by atoms with E-state index in [0.29, 0.717) is 0 Å². The van der Waals surface area contributed by atoms with Crippen molar-refractivity contribution in [3.05, 3.63) is 59.7 Å². The highest BCUT2D eigenvalue weighted by molar-refractivity contribution is 6.18. The molecule has 1 aromatic rings. The van der Waals surface area contributed by atoms with Crippen LogP contribution < -0.4 is 0 Å². The molecule has 0 aliphatic heterocycles. The maximum Gasteiger partial charge on any atom is 0.342 e. The van der Waals surface area contributed by atoms with Crippen LogP contribution in [0.4, 0.5) is 0 Å². The highest BCUT2D eigenvalue weighted by atomic mass is 16.5. The van der Waals surface area contributed by atoms with E-state index >= 15 is 0 Å². The zero-order chi connectivity index (χ0) is 12.1. The van der Waals surface area contributed by atoms with Gasteiger partial charge in [-0.15, -0.1) is 0 Å². The molecule has 0 radical (unpaired) electrons. The zero-order valence-corrected chi connectivity index (χ0v) is 9.26. The average Bonchev–Trinajstić information content (AvgIpc) is 2.38. The average molecular weight is 228 g/mol. The Morgan fingerprint density at radius 2 is 2.00 bits per heavy atom. The number of ether oxygens (including phenoxy) is 1. The van der Waals surface area contributed by atoms with Crippen molar-refractivity contribution in [1.82, 2.24) is 0 Å². The number of hydrogen-bond acceptors (Lipinski definition) is 3. The lowest BCUT2D eigenvalue weighted by atomic mass is 10.0. The first-order valence-corrected chi connectivity index (χ1v) is 5.38. The zero-order valence-electron chi connectivity index (χ0n) is 9.26. The number of esters is 1. The molecule has 3 heteroatoms. The first-order chi connectivity index (χ1) is 8.27. The van der Waals surface area contributed by atoms with Gasteiger partial charge in [0.25, 0.3) is 0 Å². The molecule has 0 saturated heterocycles. The van der Waals surface area contributed by atoms with Crippen molar-refractivity contribution in [1.29, 1.82) is 0 Å². The maximum atomic E-state index is 11.6. The Bertz CT molecular complexity index is 483. The fourth-order valence-corrected chi connectivity index (χ4v) is 1.52. The number of ketones is 1. The van der Waals surface area contributed by atoms with E-state index in [4.69, 9.17) is 4.74 Å². The summed E-state index contributed by atoms with van der Waals surface area (Å²) < 4.78 is 5.08. The number of Topliss-reactive ketones (excluding diaryl/α,β-unsaturated/α-hetero) is 1. The standard InChI is InChI=1S/C14H12O3/c15-13-9-5-4-8-12(13)14(16)17-10-11-6-2-1-3-7-11/h1-8H,9-10H2. The number of hydrogen-bond donors (Lipinski definition) is 0. The third kappa shape index (κ3) is 2.91. The first kappa shape index (κ1) is 11.3. The fourth-order valence-electron chi connectivity index (χ4n) is 1.52. The summed E-state index contributed by atoms with van der Waals surface area (Å²) in [4.78, 5) is 23.1. The van der Waals surface area contributed by atoms with Gasteiger partial charge in [0.2, 0.25) is 0 Å². The number of carbonyl (C=O) groups excluding carboxylic acids is 2. The highest BCUT2D eigenvalue weighted by Crippen LogP contribution is 2.11. The van der Waals surface area contributed by atoms with Gasteiger partial charge in [-0.1, -0.05) is 42.5 Å². The second-order valence-corrected chi connectivity index (χ2v) is 3.70. The van der Waals surface area contributed by atoms with Gasteiger partial charge in [0.05, 0.1) is 0 Å². The molecule has 17 heavy (non-hydrogen) atoms. The molecule has 3 nitrogen and oxygen atoms in total. The van der Waals surface area contributed by atoms with Crippen molar-refractivity contribution in [2.75, 3.05) is 0 Å². The van der Waals surface area contributed by atoms with Crippen molar-refractivity contribution >= 4 is 11.8 Å². The van der Waals surface area contributed by atoms with Crippen LogP contribution >= 0.6 is 0 Å². The van der Waals surface area contributed by atoms with Gasteiger partial charge in [-0.2, -0.15) is 0 Å². The second-order valence-electron chi connectivity index (χ2n) is 3.70. The summed E-state index contributed by atoms with van der Waals surface area (Å²) in [7, 11) is 0. The summed E-state index contributed by atoms with van der Waals surface area (Å²) in [5.41, 5.74) is 1.03. The lowest BCUT2D eigenvalue weighted by molar-refractivity contribution is -0.141. The molecule has 1 aliphatic rings. The molecule has 0 spiro atoms. The van der Waals surface area contributed by atoms with Crippen molar-refractivity contribution < 1.29 is 14.3 Å². The Labute approximate surface area is 99.4 Å². The number of benzene rings is 1. The minimum absolute atomic E-state index is 0.128. The van der Waals surface area contributed by atoms with E-state index in [1.807, 2.05) is 30.3 Å². The maximum absolute atomic E-state index is 11.6.